The van der Waals surface area contributed by atoms with Crippen LogP contribution in [0.2, 0.25) is 0 Å². The van der Waals surface area contributed by atoms with Gasteiger partial charge in [0.2, 0.25) is 0 Å². The van der Waals surface area contributed by atoms with Crippen LogP contribution >= 0.6 is 15.9 Å². The average molecular weight is 340 g/mol. The van der Waals surface area contributed by atoms with E-state index in [1.54, 1.807) is 0 Å². The summed E-state index contributed by atoms with van der Waals surface area (Å²) in [6.07, 6.45) is 1.12. The number of hydrogen-bond acceptors (Lipinski definition) is 3. The van der Waals surface area contributed by atoms with Crippen LogP contribution in [0, 0.1) is 0 Å². The van der Waals surface area contributed by atoms with E-state index in [1.807, 2.05) is 0 Å². The molecule has 112 valence electrons. The lowest BCUT2D eigenvalue weighted by atomic mass is 10.1. The highest BCUT2D eigenvalue weighted by Crippen LogP contribution is 2.13. The van der Waals surface area contributed by atoms with E-state index in [-0.39, 0.29) is 0 Å². The van der Waals surface area contributed by atoms with Gasteiger partial charge in [0.25, 0.3) is 0 Å². The van der Waals surface area contributed by atoms with Gasteiger partial charge in [-0.3, -0.25) is 4.90 Å². The Hall–Kier alpha value is -0.420. The summed E-state index contributed by atoms with van der Waals surface area (Å²) < 4.78 is 1.15. The Labute approximate surface area is 131 Å². The van der Waals surface area contributed by atoms with Gasteiger partial charge in [-0.15, -0.1) is 0 Å². The van der Waals surface area contributed by atoms with Crippen molar-refractivity contribution in [2.45, 2.75) is 19.4 Å². The highest BCUT2D eigenvalue weighted by Gasteiger charge is 2.13. The van der Waals surface area contributed by atoms with Gasteiger partial charge < -0.3 is 10.2 Å². The minimum absolute atomic E-state index is 0.582. The second kappa shape index (κ2) is 8.13. The van der Waals surface area contributed by atoms with Crippen LogP contribution in [0.3, 0.4) is 0 Å². The number of halogens is 1. The third-order valence-corrected chi connectivity index (χ3v) is 4.70. The Morgan fingerprint density at radius 1 is 1.25 bits per heavy atom. The summed E-state index contributed by atoms with van der Waals surface area (Å²) >= 11 is 3.49. The molecule has 1 atom stereocenters. The third-order valence-electron chi connectivity index (χ3n) is 4.18. The summed E-state index contributed by atoms with van der Waals surface area (Å²) in [6, 6.07) is 9.26. The lowest BCUT2D eigenvalue weighted by molar-refractivity contribution is 0.182. The van der Waals surface area contributed by atoms with Gasteiger partial charge in [0.1, 0.15) is 0 Å². The van der Waals surface area contributed by atoms with E-state index < -0.39 is 0 Å². The van der Waals surface area contributed by atoms with Gasteiger partial charge in [-0.25, -0.2) is 0 Å². The van der Waals surface area contributed by atoms with Crippen molar-refractivity contribution in [3.05, 3.63) is 34.3 Å². The number of nitrogens with one attached hydrogen (secondary N) is 1. The summed E-state index contributed by atoms with van der Waals surface area (Å²) in [6.45, 7) is 9.31. The van der Waals surface area contributed by atoms with Crippen molar-refractivity contribution in [1.82, 2.24) is 15.1 Å². The van der Waals surface area contributed by atoms with Crippen LogP contribution in [0.1, 0.15) is 12.5 Å². The molecule has 0 radical (unpaired) electrons. The summed E-state index contributed by atoms with van der Waals surface area (Å²) in [5, 5.41) is 3.40. The molecule has 0 saturated carbocycles. The minimum atomic E-state index is 0.582. The zero-order valence-corrected chi connectivity index (χ0v) is 14.2. The van der Waals surface area contributed by atoms with Crippen molar-refractivity contribution < 1.29 is 0 Å². The largest absolute Gasteiger partial charge is 0.314 e. The zero-order valence-electron chi connectivity index (χ0n) is 12.6. The molecule has 1 unspecified atom stereocenters. The zero-order chi connectivity index (χ0) is 14.4. The Morgan fingerprint density at radius 2 is 1.90 bits per heavy atom. The molecular weight excluding hydrogens is 314 g/mol. The summed E-state index contributed by atoms with van der Waals surface area (Å²) in [4.78, 5) is 5.03. The lowest BCUT2D eigenvalue weighted by Gasteiger charge is -2.31. The first kappa shape index (κ1) is 16.0. The van der Waals surface area contributed by atoms with Crippen molar-refractivity contribution in [1.29, 1.82) is 0 Å². The molecule has 0 amide bonds. The maximum atomic E-state index is 3.49. The summed E-state index contributed by atoms with van der Waals surface area (Å²) in [7, 11) is 2.24. The first-order valence-corrected chi connectivity index (χ1v) is 8.32. The topological polar surface area (TPSA) is 18.5 Å². The molecule has 1 N–H and O–H groups in total. The van der Waals surface area contributed by atoms with E-state index in [9.17, 15) is 0 Å². The molecule has 1 heterocycles. The maximum absolute atomic E-state index is 3.49. The van der Waals surface area contributed by atoms with E-state index >= 15 is 0 Å². The fourth-order valence-electron chi connectivity index (χ4n) is 2.57. The van der Waals surface area contributed by atoms with Crippen LogP contribution in [-0.4, -0.2) is 62.2 Å². The standard InChI is InChI=1S/C16H26BrN3/c1-14(13-15-3-5-16(17)6-4-15)19(2)11-12-20-9-7-18-8-10-20/h3-6,14,18H,7-13H2,1-2H3. The van der Waals surface area contributed by atoms with E-state index in [4.69, 9.17) is 0 Å². The van der Waals surface area contributed by atoms with Gasteiger partial charge in [0, 0.05) is 49.8 Å². The highest BCUT2D eigenvalue weighted by atomic mass is 79.9. The van der Waals surface area contributed by atoms with Gasteiger partial charge in [0.15, 0.2) is 0 Å². The monoisotopic (exact) mass is 339 g/mol. The fourth-order valence-corrected chi connectivity index (χ4v) is 2.84. The second-order valence-corrected chi connectivity index (χ2v) is 6.67. The van der Waals surface area contributed by atoms with Crippen molar-refractivity contribution in [2.24, 2.45) is 0 Å². The first-order valence-electron chi connectivity index (χ1n) is 7.53. The van der Waals surface area contributed by atoms with Crippen molar-refractivity contribution in [3.63, 3.8) is 0 Å². The molecule has 20 heavy (non-hydrogen) atoms. The predicted molar refractivity (Wildman–Crippen MR) is 89.2 cm³/mol. The van der Waals surface area contributed by atoms with E-state index in [0.29, 0.717) is 6.04 Å². The molecule has 0 spiro atoms. The van der Waals surface area contributed by atoms with Crippen LogP contribution in [0.25, 0.3) is 0 Å². The molecule has 3 nitrogen and oxygen atoms in total. The van der Waals surface area contributed by atoms with Crippen molar-refractivity contribution in [3.8, 4) is 0 Å². The Morgan fingerprint density at radius 3 is 2.55 bits per heavy atom. The van der Waals surface area contributed by atoms with Gasteiger partial charge in [-0.05, 0) is 38.1 Å². The number of nitrogens with zero attached hydrogens (tertiary/aromatic N) is 2. The van der Waals surface area contributed by atoms with E-state index in [1.165, 1.54) is 25.2 Å². The van der Waals surface area contributed by atoms with Gasteiger partial charge in [0.05, 0.1) is 0 Å². The quantitative estimate of drug-likeness (QED) is 0.857. The van der Waals surface area contributed by atoms with Crippen LogP contribution in [0.4, 0.5) is 0 Å². The Kier molecular flexibility index (Phi) is 6.49. The van der Waals surface area contributed by atoms with Crippen LogP contribution in [0.5, 0.6) is 0 Å². The Balaban J connectivity index is 1.73. The van der Waals surface area contributed by atoms with Crippen LogP contribution in [0.15, 0.2) is 28.7 Å². The number of hydrogen-bond donors (Lipinski definition) is 1. The van der Waals surface area contributed by atoms with Gasteiger partial charge in [-0.1, -0.05) is 28.1 Å². The van der Waals surface area contributed by atoms with E-state index in [0.717, 1.165) is 30.5 Å². The molecule has 1 fully saturated rings. The molecule has 1 aliphatic rings. The molecule has 0 aliphatic carbocycles. The molecule has 2 rings (SSSR count). The Bertz CT molecular complexity index is 387. The second-order valence-electron chi connectivity index (χ2n) is 5.75. The normalized spacial score (nSPS) is 18.4. The smallest absolute Gasteiger partial charge is 0.0175 e. The first-order chi connectivity index (χ1) is 9.65. The van der Waals surface area contributed by atoms with Gasteiger partial charge in [-0.2, -0.15) is 0 Å². The fraction of sp³-hybridized carbons (Fsp3) is 0.625. The predicted octanol–water partition coefficient (Wildman–Crippen LogP) is 2.22. The third kappa shape index (κ3) is 5.17. The number of benzene rings is 1. The molecule has 1 aromatic carbocycles. The number of likely N-dealkylation sites (N-methyl/N-ethyl adjacent to an activating group) is 1. The van der Waals surface area contributed by atoms with E-state index in [2.05, 4.69) is 69.3 Å². The SMILES string of the molecule is CC(Cc1ccc(Br)cc1)N(C)CCN1CCNCC1. The highest BCUT2D eigenvalue weighted by molar-refractivity contribution is 9.10. The molecule has 4 heteroatoms. The molecular formula is C16H26BrN3. The maximum Gasteiger partial charge on any atom is 0.0175 e. The van der Waals surface area contributed by atoms with Crippen LogP contribution in [-0.2, 0) is 6.42 Å². The molecule has 1 aliphatic heterocycles. The van der Waals surface area contributed by atoms with Crippen molar-refractivity contribution in [2.75, 3.05) is 46.3 Å². The average Bonchev–Trinajstić information content (AvgIpc) is 2.48. The number of piperazine rings is 1. The van der Waals surface area contributed by atoms with Gasteiger partial charge >= 0.3 is 0 Å². The molecule has 0 bridgehead atoms. The molecule has 1 saturated heterocycles. The lowest BCUT2D eigenvalue weighted by Crippen LogP contribution is -2.46. The van der Waals surface area contributed by atoms with Crippen LogP contribution < -0.4 is 5.32 Å². The molecule has 1 aromatic rings. The minimum Gasteiger partial charge on any atom is -0.314 e. The summed E-state index contributed by atoms with van der Waals surface area (Å²) in [5.41, 5.74) is 1.41. The number of rotatable bonds is 6. The summed E-state index contributed by atoms with van der Waals surface area (Å²) in [5.74, 6) is 0. The van der Waals surface area contributed by atoms with Crippen molar-refractivity contribution >= 4 is 15.9 Å². The molecule has 0 aromatic heterocycles.